The predicted molar refractivity (Wildman–Crippen MR) is 110 cm³/mol. The van der Waals surface area contributed by atoms with Gasteiger partial charge in [-0.15, -0.1) is 0 Å². The van der Waals surface area contributed by atoms with Crippen LogP contribution in [-0.2, 0) is 4.79 Å². The minimum atomic E-state index is -0.0607. The maximum atomic E-state index is 13.4. The number of carbonyl (C=O) groups excluding carboxylic acids is 1. The second-order valence-electron chi connectivity index (χ2n) is 10.6. The Balaban J connectivity index is 1.29. The number of rotatable bonds is 5. The molecule has 0 spiro atoms. The summed E-state index contributed by atoms with van der Waals surface area (Å²) in [6.07, 6.45) is 10.0. The van der Waals surface area contributed by atoms with E-state index < -0.39 is 0 Å². The Morgan fingerprint density at radius 3 is 2.29 bits per heavy atom. The van der Waals surface area contributed by atoms with Crippen molar-refractivity contribution in [1.82, 2.24) is 10.2 Å². The number of nitrogens with zero attached hydrogens (tertiary/aromatic N) is 1. The molecular weight excluding hydrogens is 348 g/mol. The van der Waals surface area contributed by atoms with E-state index in [1.165, 1.54) is 32.1 Å². The first-order valence-corrected chi connectivity index (χ1v) is 11.6. The van der Waals surface area contributed by atoms with Crippen LogP contribution in [-0.4, -0.2) is 30.4 Å². The summed E-state index contributed by atoms with van der Waals surface area (Å²) in [5, 5.41) is 3.42. The number of likely N-dealkylation sites (tertiary alicyclic amines) is 1. The van der Waals surface area contributed by atoms with Crippen LogP contribution >= 0.6 is 0 Å². The highest BCUT2D eigenvalue weighted by Crippen LogP contribution is 2.60. The van der Waals surface area contributed by atoms with E-state index >= 15 is 0 Å². The molecule has 28 heavy (non-hydrogen) atoms. The Morgan fingerprint density at radius 1 is 1.14 bits per heavy atom. The molecule has 2 heterocycles. The lowest BCUT2D eigenvalue weighted by molar-refractivity contribution is -0.146. The Morgan fingerprint density at radius 2 is 1.75 bits per heavy atom. The van der Waals surface area contributed by atoms with Gasteiger partial charge in [0.15, 0.2) is 0 Å². The molecule has 1 atom stereocenters. The molecule has 5 fully saturated rings. The van der Waals surface area contributed by atoms with Crippen molar-refractivity contribution in [3.05, 3.63) is 23.7 Å². The van der Waals surface area contributed by atoms with Crippen LogP contribution in [0.2, 0.25) is 0 Å². The number of piperidine rings is 1. The van der Waals surface area contributed by atoms with Crippen LogP contribution in [0.5, 0.6) is 0 Å². The average molecular weight is 385 g/mol. The fraction of sp³-hybridized carbons (Fsp3) is 0.792. The molecule has 0 radical (unpaired) electrons. The van der Waals surface area contributed by atoms with E-state index in [1.54, 1.807) is 0 Å². The van der Waals surface area contributed by atoms with Crippen molar-refractivity contribution in [3.8, 4) is 0 Å². The van der Waals surface area contributed by atoms with Crippen molar-refractivity contribution >= 4 is 5.91 Å². The minimum absolute atomic E-state index is 0.0607. The van der Waals surface area contributed by atoms with Gasteiger partial charge >= 0.3 is 0 Å². The topological polar surface area (TPSA) is 45.5 Å². The van der Waals surface area contributed by atoms with Gasteiger partial charge in [-0.1, -0.05) is 6.92 Å². The van der Waals surface area contributed by atoms with Crippen LogP contribution in [0.4, 0.5) is 0 Å². The summed E-state index contributed by atoms with van der Waals surface area (Å²) in [4.78, 5) is 15.9. The van der Waals surface area contributed by atoms with E-state index in [1.807, 2.05) is 6.92 Å². The van der Waals surface area contributed by atoms with Gasteiger partial charge in [0.25, 0.3) is 0 Å². The quantitative estimate of drug-likeness (QED) is 0.801. The Bertz CT molecular complexity index is 681. The van der Waals surface area contributed by atoms with Gasteiger partial charge in [0.05, 0.1) is 6.04 Å². The van der Waals surface area contributed by atoms with Crippen molar-refractivity contribution in [2.24, 2.45) is 29.1 Å². The minimum Gasteiger partial charge on any atom is -0.465 e. The van der Waals surface area contributed by atoms with Gasteiger partial charge in [-0.2, -0.15) is 0 Å². The van der Waals surface area contributed by atoms with Crippen LogP contribution in [0.3, 0.4) is 0 Å². The van der Waals surface area contributed by atoms with E-state index in [9.17, 15) is 4.79 Å². The summed E-state index contributed by atoms with van der Waals surface area (Å²) in [6.45, 7) is 7.23. The molecule has 5 aliphatic rings. The van der Waals surface area contributed by atoms with Gasteiger partial charge in [-0.3, -0.25) is 9.69 Å². The molecule has 1 aromatic rings. The summed E-state index contributed by atoms with van der Waals surface area (Å²) in [5.74, 6) is 5.54. The van der Waals surface area contributed by atoms with Gasteiger partial charge in [-0.05, 0) is 107 Å². The highest BCUT2D eigenvalue weighted by Gasteiger charge is 2.54. The molecule has 6 rings (SSSR count). The molecule has 4 aliphatic carbocycles. The molecule has 4 bridgehead atoms. The first-order chi connectivity index (χ1) is 13.5. The lowest BCUT2D eigenvalue weighted by atomic mass is 9.49. The lowest BCUT2D eigenvalue weighted by Gasteiger charge is -2.55. The largest absolute Gasteiger partial charge is 0.465 e. The highest BCUT2D eigenvalue weighted by atomic mass is 16.3. The zero-order valence-corrected chi connectivity index (χ0v) is 17.6. The Labute approximate surface area is 169 Å². The number of nitrogens with one attached hydrogen (secondary N) is 1. The number of furan rings is 1. The molecule has 4 heteroatoms. The van der Waals surface area contributed by atoms with Gasteiger partial charge in [0, 0.05) is 12.0 Å². The third kappa shape index (κ3) is 3.42. The molecule has 1 aliphatic heterocycles. The van der Waals surface area contributed by atoms with E-state index in [0.717, 1.165) is 67.5 Å². The summed E-state index contributed by atoms with van der Waals surface area (Å²) >= 11 is 0. The van der Waals surface area contributed by atoms with Crippen LogP contribution in [0, 0.1) is 36.0 Å². The average Bonchev–Trinajstić information content (AvgIpc) is 3.08. The molecule has 1 saturated heterocycles. The molecular formula is C24H36N2O2. The zero-order valence-electron chi connectivity index (χ0n) is 17.6. The van der Waals surface area contributed by atoms with Crippen LogP contribution in [0.25, 0.3) is 0 Å². The number of aryl methyl sites for hydroxylation is 1. The molecule has 1 aromatic heterocycles. The molecule has 4 nitrogen and oxygen atoms in total. The molecule has 0 aromatic carbocycles. The van der Waals surface area contributed by atoms with Crippen LogP contribution in [0.15, 0.2) is 16.5 Å². The molecule has 0 unspecified atom stereocenters. The third-order valence-electron chi connectivity index (χ3n) is 8.32. The van der Waals surface area contributed by atoms with Gasteiger partial charge in [0.2, 0.25) is 5.91 Å². The van der Waals surface area contributed by atoms with Crippen LogP contribution in [0.1, 0.15) is 75.9 Å². The first-order valence-electron chi connectivity index (χ1n) is 11.6. The normalized spacial score (nSPS) is 36.6. The Kier molecular flexibility index (Phi) is 4.81. The standard InChI is InChI=1S/C24H36N2O2/c1-16-5-7-26(8-6-16)21(22-4-3-17(2)28-22)15-25-23(27)24-12-18-9-19(13-24)11-20(10-18)14-24/h3-4,16,18-21H,5-15H2,1-2H3,(H,25,27)/t18?,19?,20?,21-,24?/m1/s1. The summed E-state index contributed by atoms with van der Waals surface area (Å²) in [7, 11) is 0. The monoisotopic (exact) mass is 384 g/mol. The highest BCUT2D eigenvalue weighted by molar-refractivity contribution is 5.83. The number of hydrogen-bond donors (Lipinski definition) is 1. The maximum Gasteiger partial charge on any atom is 0.226 e. The summed E-state index contributed by atoms with van der Waals surface area (Å²) in [5.41, 5.74) is -0.0607. The summed E-state index contributed by atoms with van der Waals surface area (Å²) < 4.78 is 6.01. The van der Waals surface area contributed by atoms with Gasteiger partial charge in [0.1, 0.15) is 11.5 Å². The van der Waals surface area contributed by atoms with Crippen molar-refractivity contribution in [2.45, 2.75) is 71.3 Å². The second-order valence-corrected chi connectivity index (χ2v) is 10.6. The molecule has 1 N–H and O–H groups in total. The van der Waals surface area contributed by atoms with Crippen molar-refractivity contribution in [3.63, 3.8) is 0 Å². The van der Waals surface area contributed by atoms with E-state index in [2.05, 4.69) is 29.3 Å². The smallest absolute Gasteiger partial charge is 0.226 e. The second kappa shape index (κ2) is 7.19. The van der Waals surface area contributed by atoms with Crippen molar-refractivity contribution < 1.29 is 9.21 Å². The van der Waals surface area contributed by atoms with Crippen molar-refractivity contribution in [1.29, 1.82) is 0 Å². The summed E-state index contributed by atoms with van der Waals surface area (Å²) in [6, 6.07) is 4.32. The van der Waals surface area contributed by atoms with Gasteiger partial charge in [-0.25, -0.2) is 0 Å². The predicted octanol–water partition coefficient (Wildman–Crippen LogP) is 4.69. The number of hydrogen-bond acceptors (Lipinski definition) is 3. The maximum absolute atomic E-state index is 13.4. The fourth-order valence-electron chi connectivity index (χ4n) is 7.15. The SMILES string of the molecule is Cc1ccc([C@@H](CNC(=O)C23CC4CC(CC(C4)C2)C3)N2CCC(C)CC2)o1. The van der Waals surface area contributed by atoms with E-state index in [-0.39, 0.29) is 11.5 Å². The molecule has 154 valence electrons. The van der Waals surface area contributed by atoms with E-state index in [0.29, 0.717) is 12.5 Å². The number of carbonyl (C=O) groups is 1. The first kappa shape index (κ1) is 18.7. The van der Waals surface area contributed by atoms with Gasteiger partial charge < -0.3 is 9.73 Å². The fourth-order valence-corrected chi connectivity index (χ4v) is 7.15. The Hall–Kier alpha value is -1.29. The lowest BCUT2D eigenvalue weighted by Crippen LogP contribution is -2.54. The molecule has 4 saturated carbocycles. The van der Waals surface area contributed by atoms with Crippen LogP contribution < -0.4 is 5.32 Å². The molecule has 1 amide bonds. The van der Waals surface area contributed by atoms with E-state index in [4.69, 9.17) is 4.42 Å². The van der Waals surface area contributed by atoms with Crippen molar-refractivity contribution in [2.75, 3.05) is 19.6 Å². The number of amides is 1. The third-order valence-corrected chi connectivity index (χ3v) is 8.32. The zero-order chi connectivity index (χ0) is 19.3.